The van der Waals surface area contributed by atoms with Crippen LogP contribution in [0, 0.1) is 0 Å². The molecule has 180 valence electrons. The van der Waals surface area contributed by atoms with Crippen molar-refractivity contribution < 1.29 is 13.9 Å². The number of nitrogens with zero attached hydrogens (tertiary/aromatic N) is 6. The van der Waals surface area contributed by atoms with Gasteiger partial charge in [0.1, 0.15) is 11.3 Å². The molecule has 0 atom stereocenters. The van der Waals surface area contributed by atoms with E-state index in [2.05, 4.69) is 20.4 Å². The normalized spacial score (nSPS) is 13.8. The number of rotatable bonds is 5. The molecule has 1 fully saturated rings. The number of anilines is 1. The van der Waals surface area contributed by atoms with Crippen LogP contribution in [-0.2, 0) is 0 Å². The summed E-state index contributed by atoms with van der Waals surface area (Å²) in [6, 6.07) is 25.3. The number of fused-ring (bicyclic) bond motifs is 1. The summed E-state index contributed by atoms with van der Waals surface area (Å²) in [4.78, 5) is 17.7. The molecule has 0 radical (unpaired) electrons. The average Bonchev–Trinajstić information content (AvgIpc) is 3.59. The van der Waals surface area contributed by atoms with Gasteiger partial charge in [0.25, 0.3) is 5.91 Å². The first-order valence-electron chi connectivity index (χ1n) is 11.8. The lowest BCUT2D eigenvalue weighted by Gasteiger charge is -2.34. The van der Waals surface area contributed by atoms with Gasteiger partial charge in [-0.2, -0.15) is 4.68 Å². The van der Waals surface area contributed by atoms with Crippen LogP contribution >= 0.6 is 0 Å². The van der Waals surface area contributed by atoms with Crippen molar-refractivity contribution in [1.29, 1.82) is 0 Å². The molecule has 0 spiro atoms. The van der Waals surface area contributed by atoms with Crippen LogP contribution in [0.25, 0.3) is 27.8 Å². The fourth-order valence-electron chi connectivity index (χ4n) is 4.61. The van der Waals surface area contributed by atoms with Gasteiger partial charge in [0.05, 0.1) is 12.8 Å². The van der Waals surface area contributed by atoms with E-state index in [1.165, 1.54) is 0 Å². The summed E-state index contributed by atoms with van der Waals surface area (Å²) in [6.45, 7) is 2.26. The van der Waals surface area contributed by atoms with Crippen LogP contribution in [0.2, 0.25) is 0 Å². The van der Waals surface area contributed by atoms with Gasteiger partial charge >= 0.3 is 0 Å². The minimum atomic E-state index is -0.133. The molecule has 0 aliphatic carbocycles. The molecular formula is C27H24N6O3. The second-order valence-corrected chi connectivity index (χ2v) is 8.54. The highest BCUT2D eigenvalue weighted by Crippen LogP contribution is 2.37. The van der Waals surface area contributed by atoms with Gasteiger partial charge in [0.15, 0.2) is 0 Å². The fourth-order valence-corrected chi connectivity index (χ4v) is 4.61. The Morgan fingerprint density at radius 2 is 1.64 bits per heavy atom. The molecule has 3 heterocycles. The molecule has 0 saturated carbocycles. The van der Waals surface area contributed by atoms with Crippen LogP contribution in [-0.4, -0.2) is 64.3 Å². The Kier molecular flexibility index (Phi) is 5.57. The van der Waals surface area contributed by atoms with Crippen molar-refractivity contribution in [1.82, 2.24) is 25.1 Å². The Labute approximate surface area is 207 Å². The number of carbonyl (C=O) groups is 1. The maximum atomic E-state index is 13.7. The van der Waals surface area contributed by atoms with Crippen molar-refractivity contribution in [2.24, 2.45) is 0 Å². The molecule has 1 amide bonds. The molecule has 5 aromatic rings. The first-order valence-corrected chi connectivity index (χ1v) is 11.8. The molecule has 0 bridgehead atoms. The fraction of sp³-hybridized carbons (Fsp3) is 0.185. The Hall–Kier alpha value is -4.66. The van der Waals surface area contributed by atoms with Crippen LogP contribution in [0.5, 0.6) is 5.75 Å². The number of methoxy groups -OCH3 is 1. The highest BCUT2D eigenvalue weighted by Gasteiger charge is 2.30. The average molecular weight is 481 g/mol. The largest absolute Gasteiger partial charge is 0.497 e. The lowest BCUT2D eigenvalue weighted by molar-refractivity contribution is 0.0717. The smallest absolute Gasteiger partial charge is 0.290 e. The maximum absolute atomic E-state index is 13.7. The molecule has 9 heteroatoms. The molecule has 2 aromatic heterocycles. The first-order chi connectivity index (χ1) is 17.7. The monoisotopic (exact) mass is 480 g/mol. The molecule has 6 rings (SSSR count). The molecular weight excluding hydrogens is 456 g/mol. The van der Waals surface area contributed by atoms with Crippen molar-refractivity contribution in [2.75, 3.05) is 38.2 Å². The summed E-state index contributed by atoms with van der Waals surface area (Å²) in [5, 5.41) is 13.1. The van der Waals surface area contributed by atoms with Crippen molar-refractivity contribution in [3.63, 3.8) is 0 Å². The van der Waals surface area contributed by atoms with Crippen molar-refractivity contribution in [3.8, 4) is 22.6 Å². The number of aromatic nitrogens is 4. The van der Waals surface area contributed by atoms with E-state index in [9.17, 15) is 4.79 Å². The third-order valence-corrected chi connectivity index (χ3v) is 6.46. The molecule has 0 unspecified atom stereocenters. The van der Waals surface area contributed by atoms with E-state index in [4.69, 9.17) is 9.15 Å². The number of benzene rings is 3. The number of amides is 1. The summed E-state index contributed by atoms with van der Waals surface area (Å²) in [5.74, 6) is 1.55. The lowest BCUT2D eigenvalue weighted by Crippen LogP contribution is -2.49. The van der Waals surface area contributed by atoms with Gasteiger partial charge in [-0.3, -0.25) is 4.79 Å². The Bertz CT molecular complexity index is 1500. The van der Waals surface area contributed by atoms with Crippen molar-refractivity contribution >= 4 is 22.8 Å². The SMILES string of the molecule is COc1ccc2c(-c3ccccc3)c(C(=O)N3CCN(c4nnnn4-c4ccccc4)CC3)oc2c1. The van der Waals surface area contributed by atoms with E-state index >= 15 is 0 Å². The van der Waals surface area contributed by atoms with Gasteiger partial charge in [-0.05, 0) is 40.3 Å². The van der Waals surface area contributed by atoms with Gasteiger partial charge < -0.3 is 19.0 Å². The Morgan fingerprint density at radius 1 is 0.917 bits per heavy atom. The van der Waals surface area contributed by atoms with E-state index in [-0.39, 0.29) is 5.91 Å². The number of carbonyl (C=O) groups excluding carboxylic acids is 1. The van der Waals surface area contributed by atoms with Crippen LogP contribution in [0.15, 0.2) is 83.3 Å². The topological polar surface area (TPSA) is 89.5 Å². The third-order valence-electron chi connectivity index (χ3n) is 6.46. The highest BCUT2D eigenvalue weighted by atomic mass is 16.5. The molecule has 36 heavy (non-hydrogen) atoms. The van der Waals surface area contributed by atoms with Gasteiger partial charge in [0.2, 0.25) is 11.7 Å². The van der Waals surface area contributed by atoms with Crippen molar-refractivity contribution in [2.45, 2.75) is 0 Å². The van der Waals surface area contributed by atoms with E-state index < -0.39 is 0 Å². The van der Waals surface area contributed by atoms with Crippen molar-refractivity contribution in [3.05, 3.63) is 84.6 Å². The van der Waals surface area contributed by atoms with E-state index in [1.807, 2.05) is 83.8 Å². The van der Waals surface area contributed by atoms with E-state index in [0.29, 0.717) is 49.2 Å². The highest BCUT2D eigenvalue weighted by molar-refractivity contribution is 6.08. The number of furan rings is 1. The molecule has 1 aliphatic heterocycles. The zero-order valence-electron chi connectivity index (χ0n) is 19.7. The number of ether oxygens (including phenoxy) is 1. The molecule has 3 aromatic carbocycles. The van der Waals surface area contributed by atoms with Crippen LogP contribution in [0.1, 0.15) is 10.6 Å². The predicted octanol–water partition coefficient (Wildman–Crippen LogP) is 4.05. The first kappa shape index (κ1) is 21.8. The Morgan fingerprint density at radius 3 is 2.36 bits per heavy atom. The lowest BCUT2D eigenvalue weighted by atomic mass is 10.0. The summed E-state index contributed by atoms with van der Waals surface area (Å²) >= 11 is 0. The number of para-hydroxylation sites is 1. The molecule has 1 aliphatic rings. The van der Waals surface area contributed by atoms with Gasteiger partial charge in [-0.25, -0.2) is 0 Å². The zero-order valence-corrected chi connectivity index (χ0v) is 19.7. The standard InChI is InChI=1S/C27H24N6O3/c1-35-21-12-13-22-23(18-21)36-25(24(22)19-8-4-2-5-9-19)26(34)31-14-16-32(17-15-31)27-28-29-30-33(27)20-10-6-3-7-11-20/h2-13,18H,14-17H2,1H3. The molecule has 0 N–H and O–H groups in total. The van der Waals surface area contributed by atoms with Gasteiger partial charge in [-0.1, -0.05) is 53.6 Å². The van der Waals surface area contributed by atoms with Gasteiger partial charge in [0, 0.05) is 43.2 Å². The predicted molar refractivity (Wildman–Crippen MR) is 135 cm³/mol. The molecule has 1 saturated heterocycles. The number of hydrogen-bond donors (Lipinski definition) is 0. The number of hydrogen-bond acceptors (Lipinski definition) is 7. The summed E-state index contributed by atoms with van der Waals surface area (Å²) in [6.07, 6.45) is 0. The minimum Gasteiger partial charge on any atom is -0.497 e. The third kappa shape index (κ3) is 3.84. The minimum absolute atomic E-state index is 0.133. The van der Waals surface area contributed by atoms with E-state index in [1.54, 1.807) is 11.8 Å². The zero-order chi connectivity index (χ0) is 24.5. The summed E-state index contributed by atoms with van der Waals surface area (Å²) in [5.41, 5.74) is 3.25. The second kappa shape index (κ2) is 9.18. The summed E-state index contributed by atoms with van der Waals surface area (Å²) < 4.78 is 13.2. The quantitative estimate of drug-likeness (QED) is 0.375. The number of tetrazole rings is 1. The Balaban J connectivity index is 1.28. The second-order valence-electron chi connectivity index (χ2n) is 8.54. The van der Waals surface area contributed by atoms with Gasteiger partial charge in [-0.15, -0.1) is 0 Å². The van der Waals surface area contributed by atoms with Crippen LogP contribution in [0.4, 0.5) is 5.95 Å². The maximum Gasteiger partial charge on any atom is 0.290 e. The number of piperazine rings is 1. The van der Waals surface area contributed by atoms with E-state index in [0.717, 1.165) is 22.2 Å². The summed E-state index contributed by atoms with van der Waals surface area (Å²) in [7, 11) is 1.61. The van der Waals surface area contributed by atoms with Crippen LogP contribution < -0.4 is 9.64 Å². The van der Waals surface area contributed by atoms with Crippen LogP contribution in [0.3, 0.4) is 0 Å². The molecule has 9 nitrogen and oxygen atoms in total.